The second-order valence-corrected chi connectivity index (χ2v) is 6.52. The molecule has 0 saturated carbocycles. The summed E-state index contributed by atoms with van der Waals surface area (Å²) in [6.45, 7) is 0.778. The first kappa shape index (κ1) is 19.5. The molecule has 6 nitrogen and oxygen atoms in total. The zero-order valence-electron chi connectivity index (χ0n) is 15.0. The van der Waals surface area contributed by atoms with Crippen LogP contribution in [0.15, 0.2) is 48.5 Å². The number of carbonyl (C=O) groups excluding carboxylic acids is 3. The van der Waals surface area contributed by atoms with Crippen molar-refractivity contribution in [1.29, 1.82) is 0 Å². The van der Waals surface area contributed by atoms with E-state index in [1.54, 1.807) is 4.90 Å². The molecule has 1 saturated heterocycles. The Balaban J connectivity index is 1.47. The minimum atomic E-state index is -0.544. The van der Waals surface area contributed by atoms with E-state index in [0.29, 0.717) is 31.5 Å². The molecule has 1 heterocycles. The number of nitrogens with zero attached hydrogens (tertiary/aromatic N) is 1. The molecule has 1 aliphatic rings. The molecule has 0 atom stereocenters. The van der Waals surface area contributed by atoms with Gasteiger partial charge in [-0.15, -0.1) is 0 Å². The topological polar surface area (TPSA) is 78.5 Å². The summed E-state index contributed by atoms with van der Waals surface area (Å²) in [6.07, 6.45) is 0.899. The largest absolute Gasteiger partial charge is 0.339 e. The molecule has 0 unspecified atom stereocenters. The average Bonchev–Trinajstić information content (AvgIpc) is 2.72. The number of piperidine rings is 1. The minimum Gasteiger partial charge on any atom is -0.339 e. The van der Waals surface area contributed by atoms with Gasteiger partial charge in [0.15, 0.2) is 0 Å². The molecule has 0 aromatic heterocycles. The second-order valence-electron chi connectivity index (χ2n) is 6.52. The van der Waals surface area contributed by atoms with Crippen LogP contribution < -0.4 is 10.9 Å². The van der Waals surface area contributed by atoms with Crippen molar-refractivity contribution >= 4 is 17.7 Å². The highest BCUT2D eigenvalue weighted by atomic mass is 19.1. The van der Waals surface area contributed by atoms with E-state index in [2.05, 4.69) is 10.9 Å². The van der Waals surface area contributed by atoms with E-state index in [1.165, 1.54) is 36.4 Å². The summed E-state index contributed by atoms with van der Waals surface area (Å²) in [5.41, 5.74) is 5.30. The molecule has 2 N–H and O–H groups in total. The summed E-state index contributed by atoms with van der Waals surface area (Å²) in [7, 11) is 0. The Bertz CT molecular complexity index is 861. The van der Waals surface area contributed by atoms with Crippen molar-refractivity contribution in [3.05, 3.63) is 71.3 Å². The predicted octanol–water partition coefficient (Wildman–Crippen LogP) is 2.28. The number of amides is 3. The van der Waals surface area contributed by atoms with Crippen molar-refractivity contribution in [2.24, 2.45) is 5.92 Å². The molecule has 146 valence electrons. The summed E-state index contributed by atoms with van der Waals surface area (Å²) < 4.78 is 25.8. The van der Waals surface area contributed by atoms with E-state index < -0.39 is 17.5 Å². The van der Waals surface area contributed by atoms with Crippen LogP contribution in [0.4, 0.5) is 8.78 Å². The third kappa shape index (κ3) is 4.70. The van der Waals surface area contributed by atoms with Crippen molar-refractivity contribution in [2.75, 3.05) is 13.1 Å². The second kappa shape index (κ2) is 8.60. The molecule has 1 fully saturated rings. The molecule has 0 spiro atoms. The Labute approximate surface area is 160 Å². The van der Waals surface area contributed by atoms with Gasteiger partial charge in [-0.25, -0.2) is 8.78 Å². The standard InChI is InChI=1S/C20H19F2N3O3/c21-16-5-1-13(2-6-16)18(26)23-24-19(27)14-9-11-25(12-10-14)20(28)15-3-7-17(22)8-4-15/h1-8,14H,9-12H2,(H,23,26)(H,24,27). The fourth-order valence-corrected chi connectivity index (χ4v) is 3.01. The molecule has 3 amide bonds. The summed E-state index contributed by atoms with van der Waals surface area (Å²) >= 11 is 0. The van der Waals surface area contributed by atoms with Gasteiger partial charge in [0.2, 0.25) is 5.91 Å². The molecule has 2 aromatic carbocycles. The lowest BCUT2D eigenvalue weighted by Crippen LogP contribution is -2.48. The van der Waals surface area contributed by atoms with E-state index in [9.17, 15) is 23.2 Å². The first-order chi connectivity index (χ1) is 13.4. The maximum absolute atomic E-state index is 13.0. The number of rotatable bonds is 3. The lowest BCUT2D eigenvalue weighted by atomic mass is 9.95. The minimum absolute atomic E-state index is 0.205. The van der Waals surface area contributed by atoms with Crippen molar-refractivity contribution in [3.8, 4) is 0 Å². The Morgan fingerprint density at radius 2 is 1.29 bits per heavy atom. The molecule has 28 heavy (non-hydrogen) atoms. The van der Waals surface area contributed by atoms with Gasteiger partial charge in [0.1, 0.15) is 11.6 Å². The summed E-state index contributed by atoms with van der Waals surface area (Å²) in [6, 6.07) is 10.3. The van der Waals surface area contributed by atoms with E-state index in [4.69, 9.17) is 0 Å². The van der Waals surface area contributed by atoms with Gasteiger partial charge < -0.3 is 4.90 Å². The first-order valence-electron chi connectivity index (χ1n) is 8.84. The first-order valence-corrected chi connectivity index (χ1v) is 8.84. The number of benzene rings is 2. The lowest BCUT2D eigenvalue weighted by Gasteiger charge is -2.31. The Morgan fingerprint density at radius 3 is 1.82 bits per heavy atom. The number of halogens is 2. The number of nitrogens with one attached hydrogen (secondary N) is 2. The molecule has 0 radical (unpaired) electrons. The number of likely N-dealkylation sites (tertiary alicyclic amines) is 1. The van der Waals surface area contributed by atoms with E-state index in [0.717, 1.165) is 12.1 Å². The summed E-state index contributed by atoms with van der Waals surface area (Å²) in [5, 5.41) is 0. The van der Waals surface area contributed by atoms with Gasteiger partial charge in [0.25, 0.3) is 11.8 Å². The Morgan fingerprint density at radius 1 is 0.786 bits per heavy atom. The fourth-order valence-electron chi connectivity index (χ4n) is 3.01. The van der Waals surface area contributed by atoms with Crippen LogP contribution in [0.3, 0.4) is 0 Å². The maximum atomic E-state index is 13.0. The van der Waals surface area contributed by atoms with Crippen LogP contribution in [-0.2, 0) is 4.79 Å². The SMILES string of the molecule is O=C(NNC(=O)C1CCN(C(=O)c2ccc(F)cc2)CC1)c1ccc(F)cc1. The normalized spacial score (nSPS) is 14.4. The molecule has 8 heteroatoms. The van der Waals surface area contributed by atoms with Crippen LogP contribution >= 0.6 is 0 Å². The molecule has 2 aromatic rings. The predicted molar refractivity (Wildman–Crippen MR) is 97.0 cm³/mol. The van der Waals surface area contributed by atoms with Gasteiger partial charge in [0.05, 0.1) is 0 Å². The monoisotopic (exact) mass is 387 g/mol. The van der Waals surface area contributed by atoms with Crippen LogP contribution in [0.25, 0.3) is 0 Å². The molecule has 3 rings (SSSR count). The average molecular weight is 387 g/mol. The zero-order valence-corrected chi connectivity index (χ0v) is 15.0. The highest BCUT2D eigenvalue weighted by Gasteiger charge is 2.28. The molecular formula is C20H19F2N3O3. The summed E-state index contributed by atoms with van der Waals surface area (Å²) in [5.74, 6) is -2.30. The number of hydrogen-bond acceptors (Lipinski definition) is 3. The van der Waals surface area contributed by atoms with Crippen LogP contribution in [0, 0.1) is 17.6 Å². The maximum Gasteiger partial charge on any atom is 0.269 e. The smallest absolute Gasteiger partial charge is 0.269 e. The molecular weight excluding hydrogens is 368 g/mol. The fraction of sp³-hybridized carbons (Fsp3) is 0.250. The lowest BCUT2D eigenvalue weighted by molar-refractivity contribution is -0.127. The Hall–Kier alpha value is -3.29. The van der Waals surface area contributed by atoms with Gasteiger partial charge in [-0.3, -0.25) is 25.2 Å². The van der Waals surface area contributed by atoms with Crippen molar-refractivity contribution in [2.45, 2.75) is 12.8 Å². The van der Waals surface area contributed by atoms with Gasteiger partial charge in [-0.2, -0.15) is 0 Å². The third-order valence-electron chi connectivity index (χ3n) is 4.65. The highest BCUT2D eigenvalue weighted by molar-refractivity contribution is 5.96. The van der Waals surface area contributed by atoms with Crippen LogP contribution in [0.5, 0.6) is 0 Å². The van der Waals surface area contributed by atoms with Crippen LogP contribution in [0.1, 0.15) is 33.6 Å². The zero-order chi connectivity index (χ0) is 20.1. The molecule has 0 bridgehead atoms. The van der Waals surface area contributed by atoms with Gasteiger partial charge in [-0.1, -0.05) is 0 Å². The van der Waals surface area contributed by atoms with Gasteiger partial charge in [-0.05, 0) is 61.4 Å². The van der Waals surface area contributed by atoms with E-state index in [-0.39, 0.29) is 23.3 Å². The van der Waals surface area contributed by atoms with E-state index >= 15 is 0 Å². The highest BCUT2D eigenvalue weighted by Crippen LogP contribution is 2.19. The quantitative estimate of drug-likeness (QED) is 0.794. The molecule has 0 aliphatic carbocycles. The molecule has 1 aliphatic heterocycles. The third-order valence-corrected chi connectivity index (χ3v) is 4.65. The number of hydrogen-bond donors (Lipinski definition) is 2. The van der Waals surface area contributed by atoms with Gasteiger partial charge in [0, 0.05) is 30.1 Å². The van der Waals surface area contributed by atoms with E-state index in [1.807, 2.05) is 0 Å². The van der Waals surface area contributed by atoms with Crippen LogP contribution in [-0.4, -0.2) is 35.7 Å². The Kier molecular flexibility index (Phi) is 5.98. The number of carbonyl (C=O) groups is 3. The summed E-state index contributed by atoms with van der Waals surface area (Å²) in [4.78, 5) is 38.2. The number of hydrazine groups is 1. The van der Waals surface area contributed by atoms with Crippen molar-refractivity contribution in [3.63, 3.8) is 0 Å². The van der Waals surface area contributed by atoms with Crippen LogP contribution in [0.2, 0.25) is 0 Å². The van der Waals surface area contributed by atoms with Crippen molar-refractivity contribution < 1.29 is 23.2 Å². The van der Waals surface area contributed by atoms with Crippen molar-refractivity contribution in [1.82, 2.24) is 15.8 Å². The van der Waals surface area contributed by atoms with Gasteiger partial charge >= 0.3 is 0 Å².